The first-order chi connectivity index (χ1) is 11.0. The molecule has 0 aliphatic carbocycles. The Morgan fingerprint density at radius 3 is 1.83 bits per heavy atom. The van der Waals surface area contributed by atoms with Crippen LogP contribution >= 0.6 is 0 Å². The van der Waals surface area contributed by atoms with Gasteiger partial charge >= 0.3 is 6.09 Å². The largest absolute Gasteiger partial charge is 0.440 e. The molecule has 0 bridgehead atoms. The van der Waals surface area contributed by atoms with E-state index in [1.807, 2.05) is 60.7 Å². The Morgan fingerprint density at radius 2 is 1.39 bits per heavy atom. The van der Waals surface area contributed by atoms with E-state index in [9.17, 15) is 9.59 Å². The van der Waals surface area contributed by atoms with Crippen LogP contribution in [-0.2, 0) is 9.53 Å². The first-order valence-electron chi connectivity index (χ1n) is 7.28. The van der Waals surface area contributed by atoms with Crippen LogP contribution in [0.15, 0.2) is 60.7 Å². The molecule has 0 radical (unpaired) electrons. The van der Waals surface area contributed by atoms with Gasteiger partial charge in [0, 0.05) is 14.1 Å². The van der Waals surface area contributed by atoms with E-state index in [-0.39, 0.29) is 5.91 Å². The Kier molecular flexibility index (Phi) is 5.36. The first kappa shape index (κ1) is 16.5. The molecule has 0 saturated heterocycles. The monoisotopic (exact) mass is 312 g/mol. The van der Waals surface area contributed by atoms with Gasteiger partial charge in [-0.05, 0) is 11.1 Å². The zero-order valence-electron chi connectivity index (χ0n) is 13.2. The van der Waals surface area contributed by atoms with Gasteiger partial charge in [0.05, 0.1) is 0 Å². The van der Waals surface area contributed by atoms with E-state index in [1.54, 1.807) is 14.1 Å². The molecule has 0 heterocycles. The molecule has 120 valence electrons. The standard InChI is InChI=1S/C18H20N2O3/c1-20(2)17(21)15(13-9-5-3-6-10-13)16(23-18(19)22)14-11-7-4-8-12-14/h3-12,15-16H,1-2H3,(H2,19,22). The summed E-state index contributed by atoms with van der Waals surface area (Å²) < 4.78 is 5.32. The van der Waals surface area contributed by atoms with Crippen LogP contribution in [0.2, 0.25) is 0 Å². The van der Waals surface area contributed by atoms with E-state index in [0.29, 0.717) is 0 Å². The highest BCUT2D eigenvalue weighted by Crippen LogP contribution is 2.35. The molecule has 2 atom stereocenters. The van der Waals surface area contributed by atoms with Gasteiger partial charge < -0.3 is 15.4 Å². The molecule has 5 nitrogen and oxygen atoms in total. The maximum atomic E-state index is 12.7. The molecule has 2 unspecified atom stereocenters. The number of primary amides is 1. The van der Waals surface area contributed by atoms with Crippen molar-refractivity contribution in [1.29, 1.82) is 0 Å². The third-order valence-electron chi connectivity index (χ3n) is 3.54. The summed E-state index contributed by atoms with van der Waals surface area (Å²) in [6.45, 7) is 0. The minimum absolute atomic E-state index is 0.161. The van der Waals surface area contributed by atoms with Gasteiger partial charge in [-0.25, -0.2) is 4.79 Å². The molecule has 0 aliphatic heterocycles. The second-order valence-electron chi connectivity index (χ2n) is 5.39. The SMILES string of the molecule is CN(C)C(=O)C(c1ccccc1)C(OC(N)=O)c1ccccc1. The second kappa shape index (κ2) is 7.45. The highest BCUT2D eigenvalue weighted by Gasteiger charge is 2.34. The number of amides is 2. The third kappa shape index (κ3) is 4.10. The molecule has 0 spiro atoms. The first-order valence-corrected chi connectivity index (χ1v) is 7.28. The molecule has 0 saturated carbocycles. The van der Waals surface area contributed by atoms with Gasteiger partial charge in [-0.1, -0.05) is 60.7 Å². The number of carbonyl (C=O) groups is 2. The number of hydrogen-bond donors (Lipinski definition) is 1. The van der Waals surface area contributed by atoms with Crippen LogP contribution < -0.4 is 5.73 Å². The summed E-state index contributed by atoms with van der Waals surface area (Å²) in [6, 6.07) is 18.4. The van der Waals surface area contributed by atoms with Crippen molar-refractivity contribution in [1.82, 2.24) is 4.90 Å². The summed E-state index contributed by atoms with van der Waals surface area (Å²) in [7, 11) is 3.34. The lowest BCUT2D eigenvalue weighted by Gasteiger charge is -2.28. The lowest BCUT2D eigenvalue weighted by atomic mass is 9.88. The molecule has 2 N–H and O–H groups in total. The van der Waals surface area contributed by atoms with Crippen molar-refractivity contribution in [3.63, 3.8) is 0 Å². The van der Waals surface area contributed by atoms with Gasteiger partial charge in [0.2, 0.25) is 5.91 Å². The summed E-state index contributed by atoms with van der Waals surface area (Å²) in [4.78, 5) is 25.6. The number of rotatable bonds is 5. The van der Waals surface area contributed by atoms with E-state index in [0.717, 1.165) is 11.1 Å². The molecule has 0 aromatic heterocycles. The van der Waals surface area contributed by atoms with Crippen LogP contribution in [0.25, 0.3) is 0 Å². The Bertz CT molecular complexity index is 656. The van der Waals surface area contributed by atoms with Crippen LogP contribution in [0, 0.1) is 0 Å². The fourth-order valence-electron chi connectivity index (χ4n) is 2.48. The number of carbonyl (C=O) groups excluding carboxylic acids is 2. The Balaban J connectivity index is 2.52. The number of ether oxygens (including phenoxy) is 1. The number of nitrogens with two attached hydrogens (primary N) is 1. The highest BCUT2D eigenvalue weighted by molar-refractivity contribution is 5.84. The van der Waals surface area contributed by atoms with Crippen molar-refractivity contribution in [3.8, 4) is 0 Å². The maximum Gasteiger partial charge on any atom is 0.405 e. The summed E-state index contributed by atoms with van der Waals surface area (Å²) in [5, 5.41) is 0. The predicted octanol–water partition coefficient (Wildman–Crippen LogP) is 2.70. The minimum atomic E-state index is -0.911. The van der Waals surface area contributed by atoms with Gasteiger partial charge in [-0.3, -0.25) is 4.79 Å². The van der Waals surface area contributed by atoms with Crippen molar-refractivity contribution in [2.75, 3.05) is 14.1 Å². The third-order valence-corrected chi connectivity index (χ3v) is 3.54. The Hall–Kier alpha value is -2.82. The van der Waals surface area contributed by atoms with E-state index < -0.39 is 18.1 Å². The van der Waals surface area contributed by atoms with Crippen LogP contribution in [0.1, 0.15) is 23.1 Å². The lowest BCUT2D eigenvalue weighted by molar-refractivity contribution is -0.133. The summed E-state index contributed by atoms with van der Waals surface area (Å²) >= 11 is 0. The van der Waals surface area contributed by atoms with Crippen molar-refractivity contribution in [3.05, 3.63) is 71.8 Å². The highest BCUT2D eigenvalue weighted by atomic mass is 16.6. The average Bonchev–Trinajstić information content (AvgIpc) is 2.55. The van der Waals surface area contributed by atoms with Gasteiger partial charge in [0.1, 0.15) is 12.0 Å². The molecule has 2 amide bonds. The van der Waals surface area contributed by atoms with E-state index in [4.69, 9.17) is 10.5 Å². The Morgan fingerprint density at radius 1 is 0.913 bits per heavy atom. The van der Waals surface area contributed by atoms with Crippen molar-refractivity contribution < 1.29 is 14.3 Å². The van der Waals surface area contributed by atoms with Crippen LogP contribution in [-0.4, -0.2) is 31.0 Å². The molecule has 2 aromatic rings. The van der Waals surface area contributed by atoms with Crippen LogP contribution in [0.5, 0.6) is 0 Å². The summed E-state index contributed by atoms with van der Waals surface area (Å²) in [6.07, 6.45) is -1.70. The smallest absolute Gasteiger partial charge is 0.405 e. The number of likely N-dealkylation sites (N-methyl/N-ethyl adjacent to an activating group) is 1. The van der Waals surface area contributed by atoms with E-state index >= 15 is 0 Å². The second-order valence-corrected chi connectivity index (χ2v) is 5.39. The normalized spacial score (nSPS) is 13.0. The molecular formula is C18H20N2O3. The average molecular weight is 312 g/mol. The minimum Gasteiger partial charge on any atom is -0.440 e. The number of benzene rings is 2. The molecule has 0 aliphatic rings. The molecule has 5 heteroatoms. The zero-order chi connectivity index (χ0) is 16.8. The van der Waals surface area contributed by atoms with Crippen molar-refractivity contribution >= 4 is 12.0 Å². The molecule has 0 fully saturated rings. The molecule has 23 heavy (non-hydrogen) atoms. The molecular weight excluding hydrogens is 292 g/mol. The quantitative estimate of drug-likeness (QED) is 0.922. The number of hydrogen-bond acceptors (Lipinski definition) is 3. The lowest BCUT2D eigenvalue weighted by Crippen LogP contribution is -2.34. The summed E-state index contributed by atoms with van der Waals surface area (Å²) in [5.41, 5.74) is 6.72. The fraction of sp³-hybridized carbons (Fsp3) is 0.222. The molecule has 2 aromatic carbocycles. The number of nitrogens with zero attached hydrogens (tertiary/aromatic N) is 1. The summed E-state index contributed by atoms with van der Waals surface area (Å²) in [5.74, 6) is -0.826. The van der Waals surface area contributed by atoms with Gasteiger partial charge in [-0.2, -0.15) is 0 Å². The van der Waals surface area contributed by atoms with Crippen LogP contribution in [0.3, 0.4) is 0 Å². The van der Waals surface area contributed by atoms with E-state index in [2.05, 4.69) is 0 Å². The molecule has 2 rings (SSSR count). The van der Waals surface area contributed by atoms with Crippen LogP contribution in [0.4, 0.5) is 4.79 Å². The maximum absolute atomic E-state index is 12.7. The fourth-order valence-corrected chi connectivity index (χ4v) is 2.48. The zero-order valence-corrected chi connectivity index (χ0v) is 13.2. The van der Waals surface area contributed by atoms with Crippen molar-refractivity contribution in [2.45, 2.75) is 12.0 Å². The van der Waals surface area contributed by atoms with Gasteiger partial charge in [0.15, 0.2) is 0 Å². The topological polar surface area (TPSA) is 72.6 Å². The van der Waals surface area contributed by atoms with Gasteiger partial charge in [0.25, 0.3) is 0 Å². The Labute approximate surface area is 135 Å². The van der Waals surface area contributed by atoms with Crippen molar-refractivity contribution in [2.24, 2.45) is 5.73 Å². The van der Waals surface area contributed by atoms with E-state index in [1.165, 1.54) is 4.90 Å². The predicted molar refractivity (Wildman–Crippen MR) is 87.7 cm³/mol. The van der Waals surface area contributed by atoms with Gasteiger partial charge in [-0.15, -0.1) is 0 Å².